The molecule has 0 saturated carbocycles. The van der Waals surface area contributed by atoms with Crippen LogP contribution in [0, 0.1) is 0 Å². The lowest BCUT2D eigenvalue weighted by atomic mass is 10.0. The molecule has 2 fully saturated rings. The predicted octanol–water partition coefficient (Wildman–Crippen LogP) is 0.887. The van der Waals surface area contributed by atoms with Crippen LogP contribution < -0.4 is 0 Å². The SMILES string of the molecule is CCN(CC)C(=O)[C@@H]1OC(C)(C)O[C@H]1[C@H](O)[C@H]1COC(C)(C)O1. The van der Waals surface area contributed by atoms with Crippen molar-refractivity contribution in [3.63, 3.8) is 0 Å². The fraction of sp³-hybridized carbons (Fsp3) is 0.938. The molecule has 1 amide bonds. The maximum atomic E-state index is 12.7. The first-order chi connectivity index (χ1) is 10.6. The van der Waals surface area contributed by atoms with Gasteiger partial charge in [0.05, 0.1) is 6.61 Å². The largest absolute Gasteiger partial charge is 0.387 e. The first kappa shape index (κ1) is 18.6. The molecule has 7 nitrogen and oxygen atoms in total. The number of carbonyl (C=O) groups is 1. The van der Waals surface area contributed by atoms with Crippen LogP contribution in [-0.2, 0) is 23.7 Å². The Labute approximate surface area is 137 Å². The summed E-state index contributed by atoms with van der Waals surface area (Å²) in [5.41, 5.74) is 0. The first-order valence-corrected chi connectivity index (χ1v) is 8.24. The second-order valence-electron chi connectivity index (χ2n) is 6.89. The Kier molecular flexibility index (Phi) is 5.37. The zero-order valence-electron chi connectivity index (χ0n) is 14.9. The summed E-state index contributed by atoms with van der Waals surface area (Å²) in [7, 11) is 0. The summed E-state index contributed by atoms with van der Waals surface area (Å²) in [6.45, 7) is 12.3. The van der Waals surface area contributed by atoms with E-state index in [1.807, 2.05) is 13.8 Å². The Morgan fingerprint density at radius 2 is 1.74 bits per heavy atom. The molecule has 7 heteroatoms. The van der Waals surface area contributed by atoms with Gasteiger partial charge >= 0.3 is 0 Å². The third kappa shape index (κ3) is 4.03. The van der Waals surface area contributed by atoms with Crippen LogP contribution in [-0.4, -0.2) is 71.6 Å². The third-order valence-electron chi connectivity index (χ3n) is 4.20. The van der Waals surface area contributed by atoms with Crippen molar-refractivity contribution in [3.05, 3.63) is 0 Å². The molecular formula is C16H29NO6. The normalized spacial score (nSPS) is 33.6. The van der Waals surface area contributed by atoms with Gasteiger partial charge < -0.3 is 29.0 Å². The van der Waals surface area contributed by atoms with Crippen molar-refractivity contribution in [1.29, 1.82) is 0 Å². The molecule has 2 heterocycles. The standard InChI is InChI=1S/C16H29NO6/c1-7-17(8-2)14(19)13-12(22-16(5,6)23-13)11(18)10-9-20-15(3,4)21-10/h10-13,18H,7-9H2,1-6H3/t10-,11-,12+,13-/m1/s1. The number of hydrogen-bond acceptors (Lipinski definition) is 6. The zero-order chi connectivity index (χ0) is 17.4. The predicted molar refractivity (Wildman–Crippen MR) is 82.7 cm³/mol. The fourth-order valence-corrected chi connectivity index (χ4v) is 3.04. The summed E-state index contributed by atoms with van der Waals surface area (Å²) < 4.78 is 22.8. The Morgan fingerprint density at radius 3 is 2.22 bits per heavy atom. The quantitative estimate of drug-likeness (QED) is 0.806. The molecule has 1 N–H and O–H groups in total. The second-order valence-corrected chi connectivity index (χ2v) is 6.89. The highest BCUT2D eigenvalue weighted by Gasteiger charge is 2.52. The van der Waals surface area contributed by atoms with Gasteiger partial charge in [-0.1, -0.05) is 0 Å². The van der Waals surface area contributed by atoms with Crippen LogP contribution in [0.25, 0.3) is 0 Å². The third-order valence-corrected chi connectivity index (χ3v) is 4.20. The lowest BCUT2D eigenvalue weighted by Crippen LogP contribution is -2.51. The average molecular weight is 331 g/mol. The van der Waals surface area contributed by atoms with E-state index in [1.54, 1.807) is 32.6 Å². The van der Waals surface area contributed by atoms with Crippen molar-refractivity contribution in [2.45, 2.75) is 77.5 Å². The van der Waals surface area contributed by atoms with Crippen LogP contribution in [0.3, 0.4) is 0 Å². The first-order valence-electron chi connectivity index (χ1n) is 8.24. The van der Waals surface area contributed by atoms with Gasteiger partial charge in [0.1, 0.15) is 18.3 Å². The fourth-order valence-electron chi connectivity index (χ4n) is 3.04. The number of carbonyl (C=O) groups excluding carboxylic acids is 1. The summed E-state index contributed by atoms with van der Waals surface area (Å²) in [6.07, 6.45) is -3.21. The molecule has 2 aliphatic heterocycles. The van der Waals surface area contributed by atoms with Gasteiger partial charge in [-0.25, -0.2) is 0 Å². The highest BCUT2D eigenvalue weighted by Crippen LogP contribution is 2.34. The lowest BCUT2D eigenvalue weighted by molar-refractivity contribution is -0.179. The van der Waals surface area contributed by atoms with Crippen molar-refractivity contribution in [1.82, 2.24) is 4.90 Å². The minimum Gasteiger partial charge on any atom is -0.387 e. The van der Waals surface area contributed by atoms with Crippen LogP contribution in [0.4, 0.5) is 0 Å². The van der Waals surface area contributed by atoms with Crippen molar-refractivity contribution < 1.29 is 28.8 Å². The molecule has 0 radical (unpaired) electrons. The number of rotatable bonds is 5. The highest BCUT2D eigenvalue weighted by molar-refractivity contribution is 5.82. The molecule has 0 aliphatic carbocycles. The molecule has 0 spiro atoms. The van der Waals surface area contributed by atoms with E-state index in [9.17, 15) is 9.90 Å². The van der Waals surface area contributed by atoms with E-state index in [4.69, 9.17) is 18.9 Å². The van der Waals surface area contributed by atoms with Crippen molar-refractivity contribution in [2.75, 3.05) is 19.7 Å². The maximum absolute atomic E-state index is 12.7. The van der Waals surface area contributed by atoms with E-state index < -0.39 is 36.0 Å². The average Bonchev–Trinajstić information content (AvgIpc) is 2.98. The smallest absolute Gasteiger partial charge is 0.254 e. The molecule has 134 valence electrons. The Bertz CT molecular complexity index is 434. The van der Waals surface area contributed by atoms with E-state index in [0.29, 0.717) is 13.1 Å². The highest BCUT2D eigenvalue weighted by atomic mass is 16.8. The molecular weight excluding hydrogens is 302 g/mol. The van der Waals surface area contributed by atoms with E-state index in [0.717, 1.165) is 0 Å². The number of aliphatic hydroxyl groups excluding tert-OH is 1. The van der Waals surface area contributed by atoms with Crippen LogP contribution in [0.1, 0.15) is 41.5 Å². The number of nitrogens with zero attached hydrogens (tertiary/aromatic N) is 1. The summed E-state index contributed by atoms with van der Waals surface area (Å²) in [5.74, 6) is -1.87. The molecule has 0 bridgehead atoms. The van der Waals surface area contributed by atoms with Crippen molar-refractivity contribution in [2.24, 2.45) is 0 Å². The minimum atomic E-state index is -1.01. The number of aliphatic hydroxyl groups is 1. The van der Waals surface area contributed by atoms with E-state index in [1.165, 1.54) is 0 Å². The van der Waals surface area contributed by atoms with Crippen LogP contribution in [0.15, 0.2) is 0 Å². The number of amides is 1. The van der Waals surface area contributed by atoms with Gasteiger partial charge in [-0.15, -0.1) is 0 Å². The van der Waals surface area contributed by atoms with Gasteiger partial charge in [-0.05, 0) is 41.5 Å². The minimum absolute atomic E-state index is 0.178. The number of ether oxygens (including phenoxy) is 4. The molecule has 23 heavy (non-hydrogen) atoms. The summed E-state index contributed by atoms with van der Waals surface area (Å²) >= 11 is 0. The van der Waals surface area contributed by atoms with Gasteiger partial charge in [0.15, 0.2) is 17.7 Å². The maximum Gasteiger partial charge on any atom is 0.254 e. The molecule has 0 unspecified atom stereocenters. The molecule has 4 atom stereocenters. The van der Waals surface area contributed by atoms with Gasteiger partial charge in [0, 0.05) is 13.1 Å². The Morgan fingerprint density at radius 1 is 1.13 bits per heavy atom. The molecule has 0 aromatic heterocycles. The lowest BCUT2D eigenvalue weighted by Gasteiger charge is -2.29. The van der Waals surface area contributed by atoms with E-state index in [2.05, 4.69) is 0 Å². The molecule has 2 rings (SSSR count). The number of hydrogen-bond donors (Lipinski definition) is 1. The van der Waals surface area contributed by atoms with E-state index >= 15 is 0 Å². The van der Waals surface area contributed by atoms with Gasteiger partial charge in [0.2, 0.25) is 0 Å². The summed E-state index contributed by atoms with van der Waals surface area (Å²) in [6, 6.07) is 0. The topological polar surface area (TPSA) is 77.5 Å². The van der Waals surface area contributed by atoms with Gasteiger partial charge in [-0.3, -0.25) is 4.79 Å². The second kappa shape index (κ2) is 6.64. The molecule has 2 aliphatic rings. The Balaban J connectivity index is 2.15. The van der Waals surface area contributed by atoms with Crippen LogP contribution >= 0.6 is 0 Å². The summed E-state index contributed by atoms with van der Waals surface area (Å²) in [5, 5.41) is 10.7. The van der Waals surface area contributed by atoms with Crippen molar-refractivity contribution >= 4 is 5.91 Å². The van der Waals surface area contributed by atoms with Crippen LogP contribution in [0.5, 0.6) is 0 Å². The van der Waals surface area contributed by atoms with E-state index in [-0.39, 0.29) is 12.5 Å². The van der Waals surface area contributed by atoms with Crippen molar-refractivity contribution in [3.8, 4) is 0 Å². The Hall–Kier alpha value is -0.730. The summed E-state index contributed by atoms with van der Waals surface area (Å²) in [4.78, 5) is 14.4. The number of likely N-dealkylation sites (N-methyl/N-ethyl adjacent to an activating group) is 1. The monoisotopic (exact) mass is 331 g/mol. The zero-order valence-corrected chi connectivity index (χ0v) is 14.9. The van der Waals surface area contributed by atoms with Gasteiger partial charge in [0.25, 0.3) is 5.91 Å². The van der Waals surface area contributed by atoms with Crippen LogP contribution in [0.2, 0.25) is 0 Å². The molecule has 2 saturated heterocycles. The molecule has 0 aromatic carbocycles. The van der Waals surface area contributed by atoms with Gasteiger partial charge in [-0.2, -0.15) is 0 Å². The molecule has 0 aromatic rings.